The Bertz CT molecular complexity index is 778. The fraction of sp³-hybridized carbons (Fsp3) is 0.316. The second-order valence-corrected chi connectivity index (χ2v) is 5.51. The number of fused-ring (bicyclic) bond motifs is 1. The van der Waals surface area contributed by atoms with E-state index in [0.29, 0.717) is 12.4 Å². The number of nitrogens with zero attached hydrogens (tertiary/aromatic N) is 2. The van der Waals surface area contributed by atoms with Gasteiger partial charge in [-0.3, -0.25) is 0 Å². The molecule has 0 amide bonds. The molecule has 0 bridgehead atoms. The topological polar surface area (TPSA) is 47.3 Å². The Balaban J connectivity index is 1.99. The Kier molecular flexibility index (Phi) is 4.63. The quantitative estimate of drug-likeness (QED) is 0.750. The van der Waals surface area contributed by atoms with E-state index in [-0.39, 0.29) is 0 Å². The van der Waals surface area contributed by atoms with Gasteiger partial charge in [-0.05, 0) is 43.2 Å². The standard InChI is InChI=1S/C19H22N2O2/c1-3-13-21-17-8-6-5-7-16(17)20-19(21)18(22)14-9-11-15(12-10-14)23-4-2/h5-12,18,22H,3-4,13H2,1-2H3/t18-/m0/s1. The van der Waals surface area contributed by atoms with Gasteiger partial charge in [0.1, 0.15) is 17.7 Å². The summed E-state index contributed by atoms with van der Waals surface area (Å²) in [7, 11) is 0. The molecule has 3 aromatic rings. The third-order valence-electron chi connectivity index (χ3n) is 3.88. The molecule has 1 aromatic heterocycles. The molecule has 4 heteroatoms. The van der Waals surface area contributed by atoms with Crippen molar-refractivity contribution in [2.45, 2.75) is 32.9 Å². The van der Waals surface area contributed by atoms with Crippen molar-refractivity contribution in [3.8, 4) is 5.75 Å². The number of hydrogen-bond acceptors (Lipinski definition) is 3. The number of aryl methyl sites for hydroxylation is 1. The van der Waals surface area contributed by atoms with Crippen molar-refractivity contribution < 1.29 is 9.84 Å². The van der Waals surface area contributed by atoms with Gasteiger partial charge in [0.2, 0.25) is 0 Å². The van der Waals surface area contributed by atoms with E-state index >= 15 is 0 Å². The van der Waals surface area contributed by atoms with Crippen molar-refractivity contribution in [1.82, 2.24) is 9.55 Å². The molecular weight excluding hydrogens is 288 g/mol. The highest BCUT2D eigenvalue weighted by molar-refractivity contribution is 5.76. The van der Waals surface area contributed by atoms with E-state index in [2.05, 4.69) is 16.5 Å². The average Bonchev–Trinajstić information content (AvgIpc) is 2.94. The third-order valence-corrected chi connectivity index (χ3v) is 3.88. The van der Waals surface area contributed by atoms with Gasteiger partial charge >= 0.3 is 0 Å². The lowest BCUT2D eigenvalue weighted by atomic mass is 10.1. The lowest BCUT2D eigenvalue weighted by Gasteiger charge is -2.14. The highest BCUT2D eigenvalue weighted by Crippen LogP contribution is 2.27. The molecule has 3 rings (SSSR count). The molecule has 120 valence electrons. The van der Waals surface area contributed by atoms with E-state index in [1.807, 2.05) is 55.5 Å². The lowest BCUT2D eigenvalue weighted by Crippen LogP contribution is -2.10. The zero-order chi connectivity index (χ0) is 16.2. The van der Waals surface area contributed by atoms with Crippen LogP contribution in [0, 0.1) is 0 Å². The SMILES string of the molecule is CCCn1c([C@@H](O)c2ccc(OCC)cc2)nc2ccccc21. The van der Waals surface area contributed by atoms with Gasteiger partial charge in [-0.2, -0.15) is 0 Å². The predicted molar refractivity (Wildman–Crippen MR) is 91.7 cm³/mol. The normalized spacial score (nSPS) is 12.5. The Morgan fingerprint density at radius 2 is 1.83 bits per heavy atom. The highest BCUT2D eigenvalue weighted by atomic mass is 16.5. The molecule has 2 aromatic carbocycles. The number of imidazole rings is 1. The first-order valence-electron chi connectivity index (χ1n) is 8.10. The molecule has 0 aliphatic carbocycles. The smallest absolute Gasteiger partial charge is 0.143 e. The maximum Gasteiger partial charge on any atom is 0.143 e. The fourth-order valence-electron chi connectivity index (χ4n) is 2.82. The maximum absolute atomic E-state index is 10.8. The molecule has 0 saturated carbocycles. The molecule has 1 N–H and O–H groups in total. The molecular formula is C19H22N2O2. The number of aromatic nitrogens is 2. The Morgan fingerprint density at radius 1 is 1.09 bits per heavy atom. The van der Waals surface area contributed by atoms with Crippen LogP contribution in [0.25, 0.3) is 11.0 Å². The number of rotatable bonds is 6. The van der Waals surface area contributed by atoms with Crippen molar-refractivity contribution in [1.29, 1.82) is 0 Å². The van der Waals surface area contributed by atoms with E-state index in [9.17, 15) is 5.11 Å². The summed E-state index contributed by atoms with van der Waals surface area (Å²) in [6.07, 6.45) is 0.244. The highest BCUT2D eigenvalue weighted by Gasteiger charge is 2.19. The van der Waals surface area contributed by atoms with Crippen molar-refractivity contribution in [3.63, 3.8) is 0 Å². The molecule has 0 spiro atoms. The number of aliphatic hydroxyl groups is 1. The minimum absolute atomic E-state index is 0.633. The molecule has 1 heterocycles. The summed E-state index contributed by atoms with van der Waals surface area (Å²) < 4.78 is 7.56. The summed E-state index contributed by atoms with van der Waals surface area (Å²) in [5, 5.41) is 10.8. The summed E-state index contributed by atoms with van der Waals surface area (Å²) in [5.74, 6) is 1.50. The van der Waals surface area contributed by atoms with Crippen LogP contribution in [0.4, 0.5) is 0 Å². The summed E-state index contributed by atoms with van der Waals surface area (Å²) in [6, 6.07) is 15.6. The molecule has 4 nitrogen and oxygen atoms in total. The maximum atomic E-state index is 10.8. The lowest BCUT2D eigenvalue weighted by molar-refractivity contribution is 0.205. The zero-order valence-electron chi connectivity index (χ0n) is 13.6. The molecule has 0 unspecified atom stereocenters. The fourth-order valence-corrected chi connectivity index (χ4v) is 2.82. The Labute approximate surface area is 136 Å². The largest absolute Gasteiger partial charge is 0.494 e. The van der Waals surface area contributed by atoms with E-state index in [1.165, 1.54) is 0 Å². The van der Waals surface area contributed by atoms with Crippen LogP contribution >= 0.6 is 0 Å². The third kappa shape index (κ3) is 3.08. The summed E-state index contributed by atoms with van der Waals surface area (Å²) in [5.41, 5.74) is 2.80. The van der Waals surface area contributed by atoms with Gasteiger partial charge in [0.05, 0.1) is 17.6 Å². The Hall–Kier alpha value is -2.33. The van der Waals surface area contributed by atoms with Gasteiger partial charge in [0.15, 0.2) is 0 Å². The van der Waals surface area contributed by atoms with E-state index < -0.39 is 6.10 Å². The summed E-state index contributed by atoms with van der Waals surface area (Å²) in [4.78, 5) is 4.65. The first-order chi connectivity index (χ1) is 11.2. The minimum atomic E-state index is -0.746. The number of ether oxygens (including phenoxy) is 1. The van der Waals surface area contributed by atoms with E-state index in [1.54, 1.807) is 0 Å². The van der Waals surface area contributed by atoms with Crippen LogP contribution in [-0.2, 0) is 6.54 Å². The van der Waals surface area contributed by atoms with Crippen molar-refractivity contribution in [3.05, 3.63) is 59.9 Å². The van der Waals surface area contributed by atoms with Crippen molar-refractivity contribution >= 4 is 11.0 Å². The first-order valence-corrected chi connectivity index (χ1v) is 8.10. The van der Waals surface area contributed by atoms with Gasteiger partial charge in [-0.1, -0.05) is 31.2 Å². The van der Waals surface area contributed by atoms with Gasteiger partial charge < -0.3 is 14.4 Å². The van der Waals surface area contributed by atoms with Crippen LogP contribution in [0.5, 0.6) is 5.75 Å². The number of aliphatic hydroxyl groups excluding tert-OH is 1. The van der Waals surface area contributed by atoms with Crippen LogP contribution in [0.3, 0.4) is 0 Å². The zero-order valence-corrected chi connectivity index (χ0v) is 13.6. The average molecular weight is 310 g/mol. The van der Waals surface area contributed by atoms with Crippen molar-refractivity contribution in [2.75, 3.05) is 6.61 Å². The first kappa shape index (κ1) is 15.6. The number of benzene rings is 2. The molecule has 1 atom stereocenters. The Morgan fingerprint density at radius 3 is 2.52 bits per heavy atom. The van der Waals surface area contributed by atoms with Gasteiger partial charge in [-0.25, -0.2) is 4.98 Å². The van der Waals surface area contributed by atoms with Crippen LogP contribution in [0.1, 0.15) is 37.8 Å². The predicted octanol–water partition coefficient (Wildman–Crippen LogP) is 3.93. The van der Waals surface area contributed by atoms with Gasteiger partial charge in [0.25, 0.3) is 0 Å². The summed E-state index contributed by atoms with van der Waals surface area (Å²) in [6.45, 7) is 5.55. The van der Waals surface area contributed by atoms with Crippen LogP contribution in [0.15, 0.2) is 48.5 Å². The van der Waals surface area contributed by atoms with E-state index in [0.717, 1.165) is 35.3 Å². The molecule has 0 fully saturated rings. The minimum Gasteiger partial charge on any atom is -0.494 e. The van der Waals surface area contributed by atoms with Crippen LogP contribution in [0.2, 0.25) is 0 Å². The molecule has 0 saturated heterocycles. The molecule has 0 aliphatic heterocycles. The van der Waals surface area contributed by atoms with Crippen LogP contribution in [-0.4, -0.2) is 21.3 Å². The number of para-hydroxylation sites is 2. The van der Waals surface area contributed by atoms with Crippen molar-refractivity contribution in [2.24, 2.45) is 0 Å². The van der Waals surface area contributed by atoms with Gasteiger partial charge in [0, 0.05) is 6.54 Å². The summed E-state index contributed by atoms with van der Waals surface area (Å²) >= 11 is 0. The second kappa shape index (κ2) is 6.84. The van der Waals surface area contributed by atoms with Crippen LogP contribution < -0.4 is 4.74 Å². The molecule has 0 radical (unpaired) electrons. The second-order valence-electron chi connectivity index (χ2n) is 5.51. The monoisotopic (exact) mass is 310 g/mol. The molecule has 0 aliphatic rings. The van der Waals surface area contributed by atoms with E-state index in [4.69, 9.17) is 4.74 Å². The number of hydrogen-bond donors (Lipinski definition) is 1. The molecule has 23 heavy (non-hydrogen) atoms. The van der Waals surface area contributed by atoms with Gasteiger partial charge in [-0.15, -0.1) is 0 Å².